The van der Waals surface area contributed by atoms with Gasteiger partial charge in [-0.1, -0.05) is 6.92 Å². The summed E-state index contributed by atoms with van der Waals surface area (Å²) >= 11 is -1.46. The molecule has 0 saturated heterocycles. The molecule has 0 aromatic carbocycles. The fraction of sp³-hybridized carbons (Fsp3) is 0.636. The van der Waals surface area contributed by atoms with Crippen LogP contribution in [0.25, 0.3) is 0 Å². The fourth-order valence-corrected chi connectivity index (χ4v) is 20.8. The monoisotopic (exact) mass is 418 g/mol. The normalized spacial score (nSPS) is 16.2. The zero-order valence-corrected chi connectivity index (χ0v) is 19.6. The first-order valence-corrected chi connectivity index (χ1v) is 18.8. The van der Waals surface area contributed by atoms with Crippen LogP contribution < -0.4 is 0 Å². The third kappa shape index (κ3) is 6.75. The van der Waals surface area contributed by atoms with E-state index in [2.05, 4.69) is 50.4 Å². The summed E-state index contributed by atoms with van der Waals surface area (Å²) in [5, 5.41) is 0. The van der Waals surface area contributed by atoms with Gasteiger partial charge in [0, 0.05) is 0 Å². The van der Waals surface area contributed by atoms with Crippen LogP contribution in [0.15, 0.2) is 42.5 Å². The van der Waals surface area contributed by atoms with Gasteiger partial charge in [0.1, 0.15) is 0 Å². The van der Waals surface area contributed by atoms with Gasteiger partial charge in [0.05, 0.1) is 0 Å². The van der Waals surface area contributed by atoms with Crippen molar-refractivity contribution in [2.75, 3.05) is 0 Å². The van der Waals surface area contributed by atoms with E-state index >= 15 is 0 Å². The van der Waals surface area contributed by atoms with Crippen molar-refractivity contribution in [1.29, 1.82) is 0 Å². The van der Waals surface area contributed by atoms with Crippen molar-refractivity contribution in [2.45, 2.75) is 90.6 Å². The van der Waals surface area contributed by atoms with E-state index in [0.29, 0.717) is 0 Å². The van der Waals surface area contributed by atoms with Gasteiger partial charge < -0.3 is 0 Å². The van der Waals surface area contributed by atoms with Crippen molar-refractivity contribution >= 4 is 5.43 Å². The van der Waals surface area contributed by atoms with Crippen LogP contribution in [0.3, 0.4) is 0 Å². The Bertz CT molecular complexity index is 557. The third-order valence-corrected chi connectivity index (χ3v) is 22.3. The molecule has 132 valence electrons. The van der Waals surface area contributed by atoms with Crippen LogP contribution in [-0.4, -0.2) is 5.43 Å². The summed E-state index contributed by atoms with van der Waals surface area (Å²) in [4.78, 5) is 0. The third-order valence-electron chi connectivity index (χ3n) is 5.18. The zero-order chi connectivity index (χ0) is 17.2. The average molecular weight is 420 g/mol. The maximum absolute atomic E-state index is 2.65. The minimum absolute atomic E-state index is 0.115. The van der Waals surface area contributed by atoms with E-state index < -0.39 is 20.4 Å². The number of hydrogen-bond acceptors (Lipinski definition) is 0. The molecule has 0 aromatic heterocycles. The van der Waals surface area contributed by atoms with Gasteiger partial charge >= 0.3 is 152 Å². The first-order chi connectivity index (χ1) is 11.7. The summed E-state index contributed by atoms with van der Waals surface area (Å²) in [6.07, 6.45) is 27.7. The molecule has 0 atom stereocenters. The minimum atomic E-state index is -1.46. The van der Waals surface area contributed by atoms with E-state index in [9.17, 15) is 0 Å². The molecule has 0 radical (unpaired) electrons. The molecule has 0 bridgehead atoms. The van der Waals surface area contributed by atoms with Crippen molar-refractivity contribution in [3.8, 4) is 0 Å². The second kappa shape index (κ2) is 11.6. The molecule has 0 saturated carbocycles. The SMILES string of the molecule is CCCCCCCCCCC1=CC[C]([Zr]([C]2=CC=CC2)=[Si](C)C)=C1. The van der Waals surface area contributed by atoms with E-state index in [-0.39, 0.29) is 5.43 Å². The molecule has 0 aromatic rings. The Morgan fingerprint density at radius 2 is 1.62 bits per heavy atom. The van der Waals surface area contributed by atoms with Gasteiger partial charge in [-0.25, -0.2) is 0 Å². The summed E-state index contributed by atoms with van der Waals surface area (Å²) in [6, 6.07) is 0. The fourth-order valence-electron chi connectivity index (χ4n) is 3.88. The molecule has 0 N–H and O–H groups in total. The van der Waals surface area contributed by atoms with Crippen LogP contribution in [0.5, 0.6) is 0 Å². The van der Waals surface area contributed by atoms with E-state index in [0.717, 1.165) is 0 Å². The van der Waals surface area contributed by atoms with Crippen LogP contribution in [0.1, 0.15) is 77.6 Å². The Hall–Kier alpha value is 0.0600. The summed E-state index contributed by atoms with van der Waals surface area (Å²) in [6.45, 7) is 7.43. The average Bonchev–Trinajstić information content (AvgIpc) is 3.23. The summed E-state index contributed by atoms with van der Waals surface area (Å²) in [5.74, 6) is 0. The Morgan fingerprint density at radius 3 is 2.25 bits per heavy atom. The zero-order valence-electron chi connectivity index (χ0n) is 16.2. The predicted octanol–water partition coefficient (Wildman–Crippen LogP) is 7.44. The maximum atomic E-state index is 2.65. The molecular formula is C22H36SiZr. The first-order valence-electron chi connectivity index (χ1n) is 10.2. The second-order valence-corrected chi connectivity index (χ2v) is 24.9. The van der Waals surface area contributed by atoms with Crippen LogP contribution in [0, 0.1) is 0 Å². The van der Waals surface area contributed by atoms with Crippen LogP contribution in [0.4, 0.5) is 0 Å². The van der Waals surface area contributed by atoms with Gasteiger partial charge in [-0.15, -0.1) is 0 Å². The molecule has 24 heavy (non-hydrogen) atoms. The molecule has 0 spiro atoms. The number of hydrogen-bond donors (Lipinski definition) is 0. The standard InChI is InChI=1S/C15H25.C5H5.C2H6Si.Zr/c1-2-3-4-5-6-7-8-9-12-15-13-10-11-14-15;1-2-4-5-3-1;1-3-2;/h13-14H,2-10,12H2,1H3;1-3H,4H2;1-2H3;. The van der Waals surface area contributed by atoms with Gasteiger partial charge in [0.2, 0.25) is 0 Å². The van der Waals surface area contributed by atoms with E-state index in [1.165, 1.54) is 70.6 Å². The quantitative estimate of drug-likeness (QED) is 0.241. The predicted molar refractivity (Wildman–Crippen MR) is 107 cm³/mol. The van der Waals surface area contributed by atoms with Crippen molar-refractivity contribution in [3.05, 3.63) is 42.5 Å². The van der Waals surface area contributed by atoms with E-state index in [1.807, 2.05) is 6.56 Å². The van der Waals surface area contributed by atoms with E-state index in [4.69, 9.17) is 0 Å². The first kappa shape index (κ1) is 20.4. The summed E-state index contributed by atoms with van der Waals surface area (Å²) in [7, 11) is 0. The molecule has 0 aliphatic heterocycles. The molecule has 2 aliphatic rings. The van der Waals surface area contributed by atoms with Gasteiger partial charge in [0.25, 0.3) is 0 Å². The Morgan fingerprint density at radius 1 is 0.917 bits per heavy atom. The van der Waals surface area contributed by atoms with Crippen molar-refractivity contribution in [1.82, 2.24) is 0 Å². The molecule has 0 amide bonds. The number of allylic oxidation sites excluding steroid dienone is 8. The van der Waals surface area contributed by atoms with Crippen molar-refractivity contribution in [3.63, 3.8) is 0 Å². The van der Waals surface area contributed by atoms with Gasteiger partial charge in [-0.05, 0) is 0 Å². The molecule has 2 rings (SSSR count). The van der Waals surface area contributed by atoms with Crippen LogP contribution in [0.2, 0.25) is 13.1 Å². The van der Waals surface area contributed by atoms with Crippen LogP contribution in [-0.2, 0) is 20.4 Å². The molecule has 0 unspecified atom stereocenters. The van der Waals surface area contributed by atoms with E-state index in [1.54, 1.807) is 5.57 Å². The second-order valence-electron chi connectivity index (χ2n) is 7.58. The molecule has 2 aliphatic carbocycles. The number of unbranched alkanes of at least 4 members (excludes halogenated alkanes) is 7. The number of rotatable bonds is 11. The molecule has 0 nitrogen and oxygen atoms in total. The summed E-state index contributed by atoms with van der Waals surface area (Å²) < 4.78 is 3.77. The summed E-state index contributed by atoms with van der Waals surface area (Å²) in [5.41, 5.74) is 1.56. The Kier molecular flexibility index (Phi) is 9.87. The Balaban J connectivity index is 1.71. The van der Waals surface area contributed by atoms with Crippen molar-refractivity contribution < 1.29 is 20.4 Å². The van der Waals surface area contributed by atoms with Crippen LogP contribution >= 0.6 is 0 Å². The van der Waals surface area contributed by atoms with Crippen molar-refractivity contribution in [2.24, 2.45) is 0 Å². The Labute approximate surface area is 158 Å². The van der Waals surface area contributed by atoms with Gasteiger partial charge in [-0.3, -0.25) is 0 Å². The molecule has 0 heterocycles. The molecule has 2 heteroatoms. The molecule has 0 fully saturated rings. The van der Waals surface area contributed by atoms with Gasteiger partial charge in [-0.2, -0.15) is 0 Å². The van der Waals surface area contributed by atoms with Gasteiger partial charge in [0.15, 0.2) is 0 Å². The topological polar surface area (TPSA) is 0 Å². The molecular weight excluding hydrogens is 384 g/mol.